The highest BCUT2D eigenvalue weighted by Crippen LogP contribution is 2.34. The van der Waals surface area contributed by atoms with Gasteiger partial charge in [0.2, 0.25) is 0 Å². The molecule has 0 amide bonds. The second-order valence-corrected chi connectivity index (χ2v) is 4.57. The molecule has 0 saturated carbocycles. The minimum atomic E-state index is 0.959. The quantitative estimate of drug-likeness (QED) is 0.785. The van der Waals surface area contributed by atoms with Gasteiger partial charge in [0.1, 0.15) is 0 Å². The lowest BCUT2D eigenvalue weighted by Crippen LogP contribution is -2.09. The third-order valence-corrected chi connectivity index (χ3v) is 3.22. The highest BCUT2D eigenvalue weighted by atomic mass is 15.1. The predicted molar refractivity (Wildman–Crippen MR) is 70.5 cm³/mol. The molecule has 1 aromatic carbocycles. The number of nitrogens with one attached hydrogen (secondary N) is 2. The zero-order chi connectivity index (χ0) is 11.8. The van der Waals surface area contributed by atoms with E-state index in [1.54, 1.807) is 0 Å². The van der Waals surface area contributed by atoms with Crippen LogP contribution < -0.4 is 10.2 Å². The van der Waals surface area contributed by atoms with Crippen LogP contribution in [-0.4, -0.2) is 30.8 Å². The van der Waals surface area contributed by atoms with Crippen LogP contribution in [0.3, 0.4) is 0 Å². The lowest BCUT2D eigenvalue weighted by molar-refractivity contribution is 1.03. The number of hydrogen-bond donors (Lipinski definition) is 2. The molecule has 0 spiro atoms. The number of nitrogens with zero attached hydrogens (tertiary/aromatic N) is 2. The number of benzene rings is 1. The maximum atomic E-state index is 4.15. The summed E-state index contributed by atoms with van der Waals surface area (Å²) in [6, 6.07) is 6.47. The van der Waals surface area contributed by atoms with Crippen molar-refractivity contribution in [3.63, 3.8) is 0 Å². The van der Waals surface area contributed by atoms with Crippen LogP contribution in [0.15, 0.2) is 24.4 Å². The van der Waals surface area contributed by atoms with E-state index in [0.717, 1.165) is 18.7 Å². The molecule has 17 heavy (non-hydrogen) atoms. The molecule has 0 radical (unpaired) electrons. The minimum absolute atomic E-state index is 0.959. The van der Waals surface area contributed by atoms with Crippen LogP contribution in [0.25, 0.3) is 11.3 Å². The van der Waals surface area contributed by atoms with E-state index in [-0.39, 0.29) is 0 Å². The number of aromatic amines is 1. The summed E-state index contributed by atoms with van der Waals surface area (Å²) in [6.07, 6.45) is 2.94. The van der Waals surface area contributed by atoms with Crippen LogP contribution in [0.1, 0.15) is 5.56 Å². The Morgan fingerprint density at radius 3 is 3.00 bits per heavy atom. The number of rotatable bonds is 1. The van der Waals surface area contributed by atoms with Crippen molar-refractivity contribution in [3.8, 4) is 11.3 Å². The summed E-state index contributed by atoms with van der Waals surface area (Å²) in [7, 11) is 4.11. The Morgan fingerprint density at radius 2 is 2.18 bits per heavy atom. The Kier molecular flexibility index (Phi) is 2.28. The van der Waals surface area contributed by atoms with Crippen molar-refractivity contribution in [1.29, 1.82) is 0 Å². The number of fused-ring (bicyclic) bond motifs is 3. The fourth-order valence-electron chi connectivity index (χ4n) is 2.24. The standard InChI is InChI=1S/C13H16N4/c1-17(2)10-3-4-12-11(7-10)13-9(5-6-14-12)8-15-16-13/h3-4,7-8,14H,5-6H2,1-2H3,(H,15,16). The summed E-state index contributed by atoms with van der Waals surface area (Å²) in [5.74, 6) is 0. The summed E-state index contributed by atoms with van der Waals surface area (Å²) in [5.41, 5.74) is 6.02. The molecule has 1 aromatic heterocycles. The summed E-state index contributed by atoms with van der Waals surface area (Å²) < 4.78 is 0. The van der Waals surface area contributed by atoms with E-state index in [1.165, 1.54) is 22.5 Å². The molecule has 0 bridgehead atoms. The first-order valence-corrected chi connectivity index (χ1v) is 5.83. The second-order valence-electron chi connectivity index (χ2n) is 4.57. The largest absolute Gasteiger partial charge is 0.384 e. The van der Waals surface area contributed by atoms with Gasteiger partial charge in [0.15, 0.2) is 0 Å². The van der Waals surface area contributed by atoms with E-state index in [9.17, 15) is 0 Å². The summed E-state index contributed by atoms with van der Waals surface area (Å²) in [5, 5.41) is 10.7. The van der Waals surface area contributed by atoms with Crippen molar-refractivity contribution in [2.75, 3.05) is 30.9 Å². The number of aromatic nitrogens is 2. The van der Waals surface area contributed by atoms with Crippen LogP contribution in [0, 0.1) is 0 Å². The molecule has 2 aromatic rings. The average Bonchev–Trinajstić information content (AvgIpc) is 2.71. The van der Waals surface area contributed by atoms with Crippen molar-refractivity contribution in [3.05, 3.63) is 30.0 Å². The van der Waals surface area contributed by atoms with E-state index in [2.05, 4.69) is 52.7 Å². The lowest BCUT2D eigenvalue weighted by atomic mass is 10.1. The average molecular weight is 228 g/mol. The van der Waals surface area contributed by atoms with Gasteiger partial charge in [0, 0.05) is 37.6 Å². The molecule has 0 unspecified atom stereocenters. The van der Waals surface area contributed by atoms with Crippen LogP contribution in [-0.2, 0) is 6.42 Å². The molecule has 0 atom stereocenters. The fourth-order valence-corrected chi connectivity index (χ4v) is 2.24. The molecule has 3 rings (SSSR count). The first-order chi connectivity index (χ1) is 8.25. The Morgan fingerprint density at radius 1 is 1.29 bits per heavy atom. The van der Waals surface area contributed by atoms with E-state index in [1.807, 2.05) is 6.20 Å². The van der Waals surface area contributed by atoms with Gasteiger partial charge in [-0.3, -0.25) is 5.10 Å². The predicted octanol–water partition coefficient (Wildman–Crippen LogP) is 2.11. The first-order valence-electron chi connectivity index (χ1n) is 5.83. The van der Waals surface area contributed by atoms with Crippen LogP contribution in [0.2, 0.25) is 0 Å². The molecule has 2 N–H and O–H groups in total. The maximum Gasteiger partial charge on any atom is 0.0704 e. The SMILES string of the molecule is CN(C)c1ccc2c(c1)-c1[nH]ncc1CCN2. The number of H-pyrrole nitrogens is 1. The smallest absolute Gasteiger partial charge is 0.0704 e. The van der Waals surface area contributed by atoms with Gasteiger partial charge in [-0.05, 0) is 30.2 Å². The highest BCUT2D eigenvalue weighted by molar-refractivity contribution is 5.81. The third kappa shape index (κ3) is 1.65. The van der Waals surface area contributed by atoms with Crippen LogP contribution in [0.5, 0.6) is 0 Å². The molecule has 0 saturated heterocycles. The Balaban J connectivity index is 2.19. The molecule has 1 aliphatic heterocycles. The fraction of sp³-hybridized carbons (Fsp3) is 0.308. The van der Waals surface area contributed by atoms with Gasteiger partial charge in [-0.25, -0.2) is 0 Å². The summed E-state index contributed by atoms with van der Waals surface area (Å²) in [6.45, 7) is 0.959. The zero-order valence-electron chi connectivity index (χ0n) is 10.1. The Labute approximate surface area is 101 Å². The molecule has 0 aliphatic carbocycles. The summed E-state index contributed by atoms with van der Waals surface area (Å²) >= 11 is 0. The van der Waals surface area contributed by atoms with Crippen molar-refractivity contribution >= 4 is 11.4 Å². The zero-order valence-corrected chi connectivity index (χ0v) is 10.1. The van der Waals surface area contributed by atoms with Gasteiger partial charge in [-0.2, -0.15) is 5.10 Å². The number of hydrogen-bond acceptors (Lipinski definition) is 3. The van der Waals surface area contributed by atoms with E-state index in [0.29, 0.717) is 0 Å². The van der Waals surface area contributed by atoms with Crippen LogP contribution in [0.4, 0.5) is 11.4 Å². The van der Waals surface area contributed by atoms with Crippen molar-refractivity contribution in [1.82, 2.24) is 10.2 Å². The van der Waals surface area contributed by atoms with Gasteiger partial charge in [0.25, 0.3) is 0 Å². The molecule has 0 fully saturated rings. The van der Waals surface area contributed by atoms with Gasteiger partial charge < -0.3 is 10.2 Å². The lowest BCUT2D eigenvalue weighted by Gasteiger charge is -2.15. The normalized spacial score (nSPS) is 13.3. The Bertz CT molecular complexity index is 542. The molecule has 1 aliphatic rings. The van der Waals surface area contributed by atoms with E-state index in [4.69, 9.17) is 0 Å². The molecular weight excluding hydrogens is 212 g/mol. The Hall–Kier alpha value is -1.97. The van der Waals surface area contributed by atoms with Gasteiger partial charge in [0.05, 0.1) is 11.9 Å². The third-order valence-electron chi connectivity index (χ3n) is 3.22. The number of anilines is 2. The monoisotopic (exact) mass is 228 g/mol. The highest BCUT2D eigenvalue weighted by Gasteiger charge is 2.16. The molecule has 4 nitrogen and oxygen atoms in total. The van der Waals surface area contributed by atoms with Crippen molar-refractivity contribution < 1.29 is 0 Å². The minimum Gasteiger partial charge on any atom is -0.384 e. The topological polar surface area (TPSA) is 44.0 Å². The second kappa shape index (κ2) is 3.80. The maximum absolute atomic E-state index is 4.15. The first kappa shape index (κ1) is 10.2. The van der Waals surface area contributed by atoms with E-state index < -0.39 is 0 Å². The summed E-state index contributed by atoms with van der Waals surface area (Å²) in [4.78, 5) is 2.11. The van der Waals surface area contributed by atoms with Gasteiger partial charge >= 0.3 is 0 Å². The van der Waals surface area contributed by atoms with Gasteiger partial charge in [-0.15, -0.1) is 0 Å². The molecule has 4 heteroatoms. The van der Waals surface area contributed by atoms with Crippen molar-refractivity contribution in [2.45, 2.75) is 6.42 Å². The van der Waals surface area contributed by atoms with Crippen LogP contribution >= 0.6 is 0 Å². The molecule has 2 heterocycles. The van der Waals surface area contributed by atoms with E-state index >= 15 is 0 Å². The van der Waals surface area contributed by atoms with Gasteiger partial charge in [-0.1, -0.05) is 0 Å². The van der Waals surface area contributed by atoms with Crippen molar-refractivity contribution in [2.24, 2.45) is 0 Å². The molecule has 88 valence electrons. The molecular formula is C13H16N4.